The van der Waals surface area contributed by atoms with Gasteiger partial charge in [-0.15, -0.1) is 0 Å². The topological polar surface area (TPSA) is 74.8 Å². The van der Waals surface area contributed by atoms with Crippen LogP contribution in [0.5, 0.6) is 0 Å². The Morgan fingerprint density at radius 2 is 2.31 bits per heavy atom. The maximum absolute atomic E-state index is 11.5. The second kappa shape index (κ2) is 3.12. The Morgan fingerprint density at radius 3 is 2.77 bits per heavy atom. The molecule has 0 aliphatic heterocycles. The first-order chi connectivity index (χ1) is 6.18. The van der Waals surface area contributed by atoms with Crippen LogP contribution in [0, 0.1) is 0 Å². The zero-order valence-electron chi connectivity index (χ0n) is 7.03. The van der Waals surface area contributed by atoms with Crippen LogP contribution >= 0.6 is 0 Å². The molecule has 1 heterocycles. The fraction of sp³-hybridized carbons (Fsp3) is 0.571. The SMILES string of the molecule is O=S(=O)(NC1CCC1)c1ccn[nH]1. The van der Waals surface area contributed by atoms with Gasteiger partial charge in [-0.3, -0.25) is 5.10 Å². The van der Waals surface area contributed by atoms with Crippen molar-refractivity contribution < 1.29 is 8.42 Å². The van der Waals surface area contributed by atoms with Crippen molar-refractivity contribution in [3.63, 3.8) is 0 Å². The quantitative estimate of drug-likeness (QED) is 0.735. The summed E-state index contributed by atoms with van der Waals surface area (Å²) in [4.78, 5) is 0. The van der Waals surface area contributed by atoms with E-state index in [2.05, 4.69) is 14.9 Å². The highest BCUT2D eigenvalue weighted by Crippen LogP contribution is 2.20. The monoisotopic (exact) mass is 201 g/mol. The minimum atomic E-state index is -3.35. The van der Waals surface area contributed by atoms with E-state index in [0.717, 1.165) is 19.3 Å². The lowest BCUT2D eigenvalue weighted by molar-refractivity contribution is 0.383. The Labute approximate surface area is 76.6 Å². The van der Waals surface area contributed by atoms with Crippen LogP contribution in [0.15, 0.2) is 17.3 Å². The molecule has 0 radical (unpaired) electrons. The van der Waals surface area contributed by atoms with Crippen LogP contribution in [0.2, 0.25) is 0 Å². The number of hydrogen-bond acceptors (Lipinski definition) is 3. The fourth-order valence-electron chi connectivity index (χ4n) is 1.20. The molecule has 0 saturated heterocycles. The molecular formula is C7H11N3O2S. The molecule has 0 unspecified atom stereocenters. The molecule has 5 nitrogen and oxygen atoms in total. The van der Waals surface area contributed by atoms with E-state index in [-0.39, 0.29) is 11.1 Å². The van der Waals surface area contributed by atoms with Crippen molar-refractivity contribution in [2.24, 2.45) is 0 Å². The third-order valence-electron chi connectivity index (χ3n) is 2.19. The largest absolute Gasteiger partial charge is 0.266 e. The van der Waals surface area contributed by atoms with E-state index in [1.165, 1.54) is 12.3 Å². The lowest BCUT2D eigenvalue weighted by Crippen LogP contribution is -2.39. The Hall–Kier alpha value is -0.880. The van der Waals surface area contributed by atoms with E-state index in [4.69, 9.17) is 0 Å². The van der Waals surface area contributed by atoms with E-state index in [1.807, 2.05) is 0 Å². The molecule has 0 bridgehead atoms. The molecule has 1 aromatic heterocycles. The molecule has 0 amide bonds. The van der Waals surface area contributed by atoms with Gasteiger partial charge in [0.05, 0.1) is 6.20 Å². The van der Waals surface area contributed by atoms with E-state index in [1.54, 1.807) is 0 Å². The summed E-state index contributed by atoms with van der Waals surface area (Å²) in [5.74, 6) is 0. The molecule has 2 rings (SSSR count). The van der Waals surface area contributed by atoms with Crippen molar-refractivity contribution in [2.75, 3.05) is 0 Å². The maximum atomic E-state index is 11.5. The average molecular weight is 201 g/mol. The number of sulfonamides is 1. The molecule has 72 valence electrons. The number of aromatic nitrogens is 2. The summed E-state index contributed by atoms with van der Waals surface area (Å²) < 4.78 is 25.6. The lowest BCUT2D eigenvalue weighted by atomic mass is 9.94. The summed E-state index contributed by atoms with van der Waals surface area (Å²) in [6.45, 7) is 0. The number of nitrogens with zero attached hydrogens (tertiary/aromatic N) is 1. The van der Waals surface area contributed by atoms with Crippen LogP contribution < -0.4 is 4.72 Å². The lowest BCUT2D eigenvalue weighted by Gasteiger charge is -2.25. The first-order valence-corrected chi connectivity index (χ1v) is 5.68. The molecule has 2 N–H and O–H groups in total. The highest BCUT2D eigenvalue weighted by atomic mass is 32.2. The number of nitrogens with one attached hydrogen (secondary N) is 2. The van der Waals surface area contributed by atoms with Crippen molar-refractivity contribution in [1.82, 2.24) is 14.9 Å². The molecule has 1 aliphatic carbocycles. The van der Waals surface area contributed by atoms with Crippen LogP contribution in [0.1, 0.15) is 19.3 Å². The minimum absolute atomic E-state index is 0.119. The summed E-state index contributed by atoms with van der Waals surface area (Å²) in [6.07, 6.45) is 4.41. The second-order valence-electron chi connectivity index (χ2n) is 3.17. The van der Waals surface area contributed by atoms with Gasteiger partial charge in [-0.25, -0.2) is 13.1 Å². The summed E-state index contributed by atoms with van der Waals surface area (Å²) in [6, 6.07) is 1.56. The number of aromatic amines is 1. The van der Waals surface area contributed by atoms with Gasteiger partial charge in [0.15, 0.2) is 5.03 Å². The second-order valence-corrected chi connectivity index (χ2v) is 4.85. The molecule has 0 aromatic carbocycles. The van der Waals surface area contributed by atoms with Gasteiger partial charge in [-0.05, 0) is 18.9 Å². The van der Waals surface area contributed by atoms with Crippen LogP contribution in [-0.4, -0.2) is 24.7 Å². The number of rotatable bonds is 3. The third kappa shape index (κ3) is 1.73. The van der Waals surface area contributed by atoms with Crippen LogP contribution in [0.3, 0.4) is 0 Å². The number of hydrogen-bond donors (Lipinski definition) is 2. The zero-order valence-corrected chi connectivity index (χ0v) is 7.84. The normalized spacial score (nSPS) is 18.5. The van der Waals surface area contributed by atoms with Crippen molar-refractivity contribution in [1.29, 1.82) is 0 Å². The van der Waals surface area contributed by atoms with Crippen LogP contribution in [0.4, 0.5) is 0 Å². The highest BCUT2D eigenvalue weighted by Gasteiger charge is 2.25. The summed E-state index contributed by atoms with van der Waals surface area (Å²) in [5.41, 5.74) is 0. The Bertz CT molecular complexity index is 366. The van der Waals surface area contributed by atoms with E-state index in [9.17, 15) is 8.42 Å². The van der Waals surface area contributed by atoms with E-state index < -0.39 is 10.0 Å². The van der Waals surface area contributed by atoms with Crippen molar-refractivity contribution in [3.8, 4) is 0 Å². The van der Waals surface area contributed by atoms with Gasteiger partial charge >= 0.3 is 0 Å². The van der Waals surface area contributed by atoms with Gasteiger partial charge in [0.25, 0.3) is 10.0 Å². The minimum Gasteiger partial charge on any atom is -0.266 e. The van der Waals surface area contributed by atoms with Crippen molar-refractivity contribution >= 4 is 10.0 Å². The molecule has 0 spiro atoms. The van der Waals surface area contributed by atoms with Gasteiger partial charge < -0.3 is 0 Å². The standard InChI is InChI=1S/C7H11N3O2S/c11-13(12,7-4-5-8-9-7)10-6-2-1-3-6/h4-6,10H,1-3H2,(H,8,9). The van der Waals surface area contributed by atoms with Gasteiger partial charge in [-0.2, -0.15) is 5.10 Å². The summed E-state index contributed by atoms with van der Waals surface area (Å²) in [5, 5.41) is 6.16. The highest BCUT2D eigenvalue weighted by molar-refractivity contribution is 7.89. The van der Waals surface area contributed by atoms with Crippen molar-refractivity contribution in [3.05, 3.63) is 12.3 Å². The van der Waals surface area contributed by atoms with Gasteiger partial charge in [0.2, 0.25) is 0 Å². The summed E-state index contributed by atoms with van der Waals surface area (Å²) in [7, 11) is -3.35. The molecule has 0 atom stereocenters. The smallest absolute Gasteiger partial charge is 0.257 e. The molecule has 1 aliphatic rings. The molecule has 1 fully saturated rings. The number of H-pyrrole nitrogens is 1. The van der Waals surface area contributed by atoms with Crippen LogP contribution in [0.25, 0.3) is 0 Å². The Kier molecular flexibility index (Phi) is 2.09. The van der Waals surface area contributed by atoms with Gasteiger partial charge in [0.1, 0.15) is 0 Å². The van der Waals surface area contributed by atoms with Gasteiger partial charge in [0, 0.05) is 6.04 Å². The van der Waals surface area contributed by atoms with Gasteiger partial charge in [-0.1, -0.05) is 6.42 Å². The summed E-state index contributed by atoms with van der Waals surface area (Å²) >= 11 is 0. The molecule has 13 heavy (non-hydrogen) atoms. The molecule has 1 saturated carbocycles. The Balaban J connectivity index is 2.12. The average Bonchev–Trinajstić information content (AvgIpc) is 2.49. The van der Waals surface area contributed by atoms with E-state index in [0.29, 0.717) is 0 Å². The molecule has 6 heteroatoms. The first-order valence-electron chi connectivity index (χ1n) is 4.20. The predicted molar refractivity (Wildman–Crippen MR) is 46.5 cm³/mol. The molecule has 1 aromatic rings. The maximum Gasteiger partial charge on any atom is 0.257 e. The van der Waals surface area contributed by atoms with Crippen molar-refractivity contribution in [2.45, 2.75) is 30.3 Å². The zero-order chi connectivity index (χ0) is 9.31. The fourth-order valence-corrected chi connectivity index (χ4v) is 2.42. The van der Waals surface area contributed by atoms with E-state index >= 15 is 0 Å². The van der Waals surface area contributed by atoms with Crippen LogP contribution in [-0.2, 0) is 10.0 Å². The molecular weight excluding hydrogens is 190 g/mol. The first kappa shape index (κ1) is 8.71. The predicted octanol–water partition coefficient (Wildman–Crippen LogP) is 0.240. The third-order valence-corrected chi connectivity index (χ3v) is 3.64. The Morgan fingerprint density at radius 1 is 1.54 bits per heavy atom.